The minimum absolute atomic E-state index is 0.347. The Morgan fingerprint density at radius 2 is 1.65 bits per heavy atom. The lowest BCUT2D eigenvalue weighted by molar-refractivity contribution is -0.136. The van der Waals surface area contributed by atoms with E-state index in [1.165, 1.54) is 30.8 Å². The maximum absolute atomic E-state index is 10.2. The average Bonchev–Trinajstić information content (AvgIpc) is 3.00. The van der Waals surface area contributed by atoms with Gasteiger partial charge in [0.25, 0.3) is 0 Å². The van der Waals surface area contributed by atoms with Gasteiger partial charge >= 0.3 is 5.97 Å². The van der Waals surface area contributed by atoms with Crippen molar-refractivity contribution < 1.29 is 9.53 Å². The first-order valence-electron chi connectivity index (χ1n) is 6.87. The van der Waals surface area contributed by atoms with E-state index in [0.29, 0.717) is 5.57 Å². The molecular weight excluding hydrogens is 212 g/mol. The van der Waals surface area contributed by atoms with Gasteiger partial charge in [0.1, 0.15) is 0 Å². The summed E-state index contributed by atoms with van der Waals surface area (Å²) in [5.74, 6) is 4.45. The molecule has 0 saturated heterocycles. The molecule has 0 aliphatic heterocycles. The van der Waals surface area contributed by atoms with Crippen molar-refractivity contribution >= 4 is 5.97 Å². The van der Waals surface area contributed by atoms with Gasteiger partial charge in [0.15, 0.2) is 0 Å². The second-order valence-electron chi connectivity index (χ2n) is 5.86. The summed E-state index contributed by atoms with van der Waals surface area (Å²) >= 11 is 0. The van der Waals surface area contributed by atoms with Crippen molar-refractivity contribution in [3.63, 3.8) is 0 Å². The van der Waals surface area contributed by atoms with Gasteiger partial charge in [-0.05, 0) is 62.7 Å². The minimum atomic E-state index is -0.347. The summed E-state index contributed by atoms with van der Waals surface area (Å²) in [5.41, 5.74) is 0.433. The van der Waals surface area contributed by atoms with Crippen LogP contribution in [0.3, 0.4) is 0 Å². The molecule has 4 atom stereocenters. The van der Waals surface area contributed by atoms with Crippen molar-refractivity contribution in [3.05, 3.63) is 12.2 Å². The predicted molar refractivity (Wildman–Crippen MR) is 68.5 cm³/mol. The molecule has 3 aliphatic carbocycles. The molecule has 0 amide bonds. The van der Waals surface area contributed by atoms with Crippen molar-refractivity contribution in [3.8, 4) is 0 Å². The zero-order valence-electron chi connectivity index (χ0n) is 11.1. The quantitative estimate of drug-likeness (QED) is 0.514. The van der Waals surface area contributed by atoms with Gasteiger partial charge in [0.05, 0.1) is 7.11 Å². The molecule has 0 aromatic rings. The molecular formula is C15H24O2. The molecule has 96 valence electrons. The van der Waals surface area contributed by atoms with E-state index in [-0.39, 0.29) is 5.97 Å². The first-order chi connectivity index (χ1) is 8.13. The van der Waals surface area contributed by atoms with Crippen LogP contribution >= 0.6 is 0 Å². The third kappa shape index (κ3) is 2.56. The molecule has 3 fully saturated rings. The van der Waals surface area contributed by atoms with Crippen LogP contribution in [-0.2, 0) is 9.53 Å². The molecule has 2 nitrogen and oxygen atoms in total. The summed E-state index contributed by atoms with van der Waals surface area (Å²) in [6.45, 7) is 4.95. The number of fused-ring (bicyclic) bond motifs is 5. The number of carbonyl (C=O) groups excluding carboxylic acids is 1. The number of ether oxygens (including phenoxy) is 1. The van der Waals surface area contributed by atoms with Crippen LogP contribution < -0.4 is 0 Å². The Morgan fingerprint density at radius 3 is 2.00 bits per heavy atom. The maximum atomic E-state index is 10.2. The Balaban J connectivity index is 0.000000139. The highest BCUT2D eigenvalue weighted by Crippen LogP contribution is 2.58. The van der Waals surface area contributed by atoms with Gasteiger partial charge in [-0.25, -0.2) is 4.79 Å². The van der Waals surface area contributed by atoms with Crippen molar-refractivity contribution in [2.75, 3.05) is 7.11 Å². The summed E-state index contributed by atoms with van der Waals surface area (Å²) in [5, 5.41) is 0. The molecule has 2 heteroatoms. The van der Waals surface area contributed by atoms with Gasteiger partial charge in [0.2, 0.25) is 0 Å². The fourth-order valence-electron chi connectivity index (χ4n) is 4.19. The van der Waals surface area contributed by atoms with Gasteiger partial charge in [-0.1, -0.05) is 13.0 Å². The minimum Gasteiger partial charge on any atom is -0.466 e. The van der Waals surface area contributed by atoms with Gasteiger partial charge in [-0.15, -0.1) is 0 Å². The normalized spacial score (nSPS) is 37.1. The first kappa shape index (κ1) is 12.7. The lowest BCUT2D eigenvalue weighted by Crippen LogP contribution is -2.15. The van der Waals surface area contributed by atoms with Gasteiger partial charge in [0, 0.05) is 5.57 Å². The topological polar surface area (TPSA) is 26.3 Å². The lowest BCUT2D eigenvalue weighted by atomic mass is 9.82. The molecule has 3 rings (SSSR count). The summed E-state index contributed by atoms with van der Waals surface area (Å²) < 4.78 is 4.27. The number of rotatable bonds is 1. The molecule has 4 unspecified atom stereocenters. The van der Waals surface area contributed by atoms with Crippen LogP contribution in [0.1, 0.15) is 45.4 Å². The van der Waals surface area contributed by atoms with Gasteiger partial charge in [-0.2, -0.15) is 0 Å². The maximum Gasteiger partial charge on any atom is 0.332 e. The van der Waals surface area contributed by atoms with Gasteiger partial charge in [-0.3, -0.25) is 0 Å². The molecule has 0 aromatic carbocycles. The van der Waals surface area contributed by atoms with E-state index in [0.717, 1.165) is 0 Å². The van der Waals surface area contributed by atoms with Crippen molar-refractivity contribution in [2.24, 2.45) is 23.7 Å². The first-order valence-corrected chi connectivity index (χ1v) is 6.87. The van der Waals surface area contributed by atoms with Crippen molar-refractivity contribution in [1.29, 1.82) is 0 Å². The standard InChI is InChI=1S/C10H16.C5H8O2/c1-2-9-7-4-5-8(6-7)10(9)3-1;1-4(2)5(6)7-3/h7-10H,1-6H2;1H2,2-3H3. The van der Waals surface area contributed by atoms with E-state index in [1.54, 1.807) is 45.4 Å². The second-order valence-corrected chi connectivity index (χ2v) is 5.86. The highest BCUT2D eigenvalue weighted by molar-refractivity contribution is 5.86. The fraction of sp³-hybridized carbons (Fsp3) is 0.800. The Kier molecular flexibility index (Phi) is 3.90. The lowest BCUT2D eigenvalue weighted by Gasteiger charge is -2.23. The number of hydrogen-bond acceptors (Lipinski definition) is 2. The summed E-state index contributed by atoms with van der Waals surface area (Å²) in [7, 11) is 1.33. The molecule has 0 aromatic heterocycles. The Morgan fingerprint density at radius 1 is 1.12 bits per heavy atom. The third-order valence-electron chi connectivity index (χ3n) is 4.88. The van der Waals surface area contributed by atoms with Crippen LogP contribution in [0.2, 0.25) is 0 Å². The summed E-state index contributed by atoms with van der Waals surface area (Å²) in [4.78, 5) is 10.2. The zero-order valence-corrected chi connectivity index (χ0v) is 11.1. The molecule has 0 spiro atoms. The number of esters is 1. The Hall–Kier alpha value is -0.790. The summed E-state index contributed by atoms with van der Waals surface area (Å²) in [6, 6.07) is 0. The van der Waals surface area contributed by atoms with Crippen LogP contribution in [0.5, 0.6) is 0 Å². The molecule has 0 N–H and O–H groups in total. The van der Waals surface area contributed by atoms with Crippen LogP contribution in [0.15, 0.2) is 12.2 Å². The van der Waals surface area contributed by atoms with Crippen molar-refractivity contribution in [2.45, 2.75) is 45.4 Å². The third-order valence-corrected chi connectivity index (χ3v) is 4.88. The van der Waals surface area contributed by atoms with Crippen LogP contribution in [0, 0.1) is 23.7 Å². The molecule has 0 heterocycles. The Labute approximate surface area is 104 Å². The van der Waals surface area contributed by atoms with E-state index in [2.05, 4.69) is 11.3 Å². The second kappa shape index (κ2) is 5.24. The summed E-state index contributed by atoms with van der Waals surface area (Å²) in [6.07, 6.45) is 9.53. The molecule has 2 bridgehead atoms. The number of hydrogen-bond donors (Lipinski definition) is 0. The van der Waals surface area contributed by atoms with Crippen LogP contribution in [0.25, 0.3) is 0 Å². The molecule has 3 saturated carbocycles. The van der Waals surface area contributed by atoms with Crippen LogP contribution in [-0.4, -0.2) is 13.1 Å². The van der Waals surface area contributed by atoms with E-state index >= 15 is 0 Å². The zero-order chi connectivity index (χ0) is 12.4. The van der Waals surface area contributed by atoms with E-state index < -0.39 is 0 Å². The Bertz CT molecular complexity index is 292. The molecule has 3 aliphatic rings. The van der Waals surface area contributed by atoms with E-state index in [1.807, 2.05) is 0 Å². The predicted octanol–water partition coefficient (Wildman–Crippen LogP) is 3.57. The fourth-order valence-corrected chi connectivity index (χ4v) is 4.19. The van der Waals surface area contributed by atoms with E-state index in [9.17, 15) is 4.79 Å². The van der Waals surface area contributed by atoms with Crippen LogP contribution in [0.4, 0.5) is 0 Å². The van der Waals surface area contributed by atoms with E-state index in [4.69, 9.17) is 0 Å². The monoisotopic (exact) mass is 236 g/mol. The number of methoxy groups -OCH3 is 1. The largest absolute Gasteiger partial charge is 0.466 e. The van der Waals surface area contributed by atoms with Gasteiger partial charge < -0.3 is 4.74 Å². The average molecular weight is 236 g/mol. The SMILES string of the molecule is C1CC2C3CCC(C3)C2C1.C=C(C)C(=O)OC. The molecule has 17 heavy (non-hydrogen) atoms. The highest BCUT2D eigenvalue weighted by atomic mass is 16.5. The highest BCUT2D eigenvalue weighted by Gasteiger charge is 2.48. The van der Waals surface area contributed by atoms with Crippen molar-refractivity contribution in [1.82, 2.24) is 0 Å². The number of carbonyl (C=O) groups is 1. The smallest absolute Gasteiger partial charge is 0.332 e. The molecule has 0 radical (unpaired) electrons.